The first-order valence-corrected chi connectivity index (χ1v) is 13.6. The summed E-state index contributed by atoms with van der Waals surface area (Å²) in [7, 11) is 0. The first-order chi connectivity index (χ1) is 14.7. The minimum atomic E-state index is -0.535. The molecule has 6 nitrogen and oxygen atoms in total. The molecule has 2 N–H and O–H groups in total. The fourth-order valence-corrected chi connectivity index (χ4v) is 7.51. The number of carbonyl (C=O) groups excluding carboxylic acids is 2. The minimum Gasteiger partial charge on any atom is -0.392 e. The van der Waals surface area contributed by atoms with E-state index in [2.05, 4.69) is 19.2 Å². The molecule has 0 aliphatic heterocycles. The molecule has 0 spiro atoms. The van der Waals surface area contributed by atoms with Crippen LogP contribution in [-0.4, -0.2) is 58.0 Å². The Kier molecular flexibility index (Phi) is 7.75. The highest BCUT2D eigenvalue weighted by molar-refractivity contribution is 7.99. The molecule has 174 valence electrons. The number of nitrogens with one attached hydrogen (secondary N) is 1. The van der Waals surface area contributed by atoms with Crippen LogP contribution in [0.2, 0.25) is 0 Å². The normalized spacial score (nSPS) is 30.8. The Hall–Kier alpha value is -1.12. The maximum Gasteiger partial charge on any atom is 0.236 e. The Bertz CT molecular complexity index is 810. The molecule has 1 unspecified atom stereocenters. The van der Waals surface area contributed by atoms with Gasteiger partial charge in [-0.05, 0) is 56.6 Å². The molecular formula is C23H37N3O3S2. The molecule has 6 atom stereocenters. The number of hydrogen-bond donors (Lipinski definition) is 2. The monoisotopic (exact) mass is 467 g/mol. The average molecular weight is 468 g/mol. The molecule has 8 heteroatoms. The number of amides is 2. The van der Waals surface area contributed by atoms with Gasteiger partial charge in [0.25, 0.3) is 0 Å². The van der Waals surface area contributed by atoms with Crippen LogP contribution in [-0.2, 0) is 16.0 Å². The van der Waals surface area contributed by atoms with Crippen LogP contribution in [0.1, 0.15) is 63.9 Å². The van der Waals surface area contributed by atoms with Gasteiger partial charge in [-0.1, -0.05) is 20.8 Å². The fourth-order valence-electron chi connectivity index (χ4n) is 5.89. The molecule has 31 heavy (non-hydrogen) atoms. The molecule has 0 saturated heterocycles. The predicted molar refractivity (Wildman–Crippen MR) is 129 cm³/mol. The molecule has 1 saturated carbocycles. The van der Waals surface area contributed by atoms with E-state index in [4.69, 9.17) is 4.98 Å². The third-order valence-electron chi connectivity index (χ3n) is 7.55. The van der Waals surface area contributed by atoms with Gasteiger partial charge in [0.2, 0.25) is 11.8 Å². The van der Waals surface area contributed by atoms with Crippen molar-refractivity contribution in [2.24, 2.45) is 23.2 Å². The van der Waals surface area contributed by atoms with Gasteiger partial charge in [0.15, 0.2) is 5.13 Å². The van der Waals surface area contributed by atoms with Crippen LogP contribution in [0.25, 0.3) is 0 Å². The summed E-state index contributed by atoms with van der Waals surface area (Å²) in [4.78, 5) is 32.9. The van der Waals surface area contributed by atoms with Gasteiger partial charge in [0.05, 0.1) is 17.6 Å². The summed E-state index contributed by atoms with van der Waals surface area (Å²) in [6, 6.07) is 0. The fraction of sp³-hybridized carbons (Fsp3) is 0.783. The molecule has 2 aliphatic carbocycles. The van der Waals surface area contributed by atoms with E-state index in [-0.39, 0.29) is 40.9 Å². The summed E-state index contributed by atoms with van der Waals surface area (Å²) in [5, 5.41) is 15.1. The highest BCUT2D eigenvalue weighted by atomic mass is 32.2. The number of thiazole rings is 1. The lowest BCUT2D eigenvalue weighted by Gasteiger charge is -2.53. The maximum atomic E-state index is 13.0. The van der Waals surface area contributed by atoms with Gasteiger partial charge >= 0.3 is 0 Å². The van der Waals surface area contributed by atoms with Crippen LogP contribution >= 0.6 is 23.1 Å². The minimum absolute atomic E-state index is 0.0205. The Labute approximate surface area is 194 Å². The van der Waals surface area contributed by atoms with E-state index in [0.29, 0.717) is 24.0 Å². The SMILES string of the molecule is CCN(CC)C(=O)[C@@H](C)C1CC[C@@]2(C)Cc3sc(NC(=O)CSC)nc3[C@@H](C)[C@@H]2[C@H]1O. The van der Waals surface area contributed by atoms with Crippen LogP contribution in [0.15, 0.2) is 0 Å². The van der Waals surface area contributed by atoms with Gasteiger partial charge in [-0.25, -0.2) is 4.98 Å². The van der Waals surface area contributed by atoms with Crippen molar-refractivity contribution >= 4 is 40.0 Å². The molecule has 2 aliphatic rings. The summed E-state index contributed by atoms with van der Waals surface area (Å²) < 4.78 is 0. The zero-order valence-electron chi connectivity index (χ0n) is 19.6. The second-order valence-electron chi connectivity index (χ2n) is 9.45. The number of carbonyl (C=O) groups is 2. The maximum absolute atomic E-state index is 13.0. The number of rotatable bonds is 7. The number of fused-ring (bicyclic) bond motifs is 2. The van der Waals surface area contributed by atoms with Crippen molar-refractivity contribution in [1.29, 1.82) is 0 Å². The topological polar surface area (TPSA) is 82.5 Å². The van der Waals surface area contributed by atoms with Crippen molar-refractivity contribution < 1.29 is 14.7 Å². The summed E-state index contributed by atoms with van der Waals surface area (Å²) in [6.45, 7) is 11.8. The smallest absolute Gasteiger partial charge is 0.236 e. The number of aliphatic hydroxyl groups is 1. The van der Waals surface area contributed by atoms with Crippen LogP contribution < -0.4 is 5.32 Å². The van der Waals surface area contributed by atoms with E-state index >= 15 is 0 Å². The zero-order valence-corrected chi connectivity index (χ0v) is 21.2. The van der Waals surface area contributed by atoms with E-state index in [1.165, 1.54) is 16.6 Å². The summed E-state index contributed by atoms with van der Waals surface area (Å²) >= 11 is 3.07. The zero-order chi connectivity index (χ0) is 22.9. The van der Waals surface area contributed by atoms with Gasteiger partial charge in [0, 0.05) is 29.8 Å². The molecule has 1 aromatic heterocycles. The lowest BCUT2D eigenvalue weighted by molar-refractivity contribution is -0.144. The van der Waals surface area contributed by atoms with Crippen LogP contribution in [0.3, 0.4) is 0 Å². The standard InChI is InChI=1S/C23H37N3O3S2/c1-7-26(8-2)21(29)13(3)15-9-10-23(5)11-16-19(14(4)18(23)20(15)28)25-22(31-16)24-17(27)12-30-6/h13-15,18,20,28H,7-12H2,1-6H3,(H,24,25,27)/t13-,14-,15?,18+,20-,23-/m0/s1. The first kappa shape index (κ1) is 24.5. The highest BCUT2D eigenvalue weighted by Gasteiger charge is 2.54. The Balaban J connectivity index is 1.83. The molecule has 2 amide bonds. The van der Waals surface area contributed by atoms with Gasteiger partial charge in [-0.2, -0.15) is 11.8 Å². The number of thioether (sulfide) groups is 1. The number of aromatic nitrogens is 1. The average Bonchev–Trinajstić information content (AvgIpc) is 3.10. The van der Waals surface area contributed by atoms with E-state index < -0.39 is 6.10 Å². The lowest BCUT2D eigenvalue weighted by atomic mass is 9.53. The third kappa shape index (κ3) is 4.67. The van der Waals surface area contributed by atoms with Gasteiger partial charge in [-0.15, -0.1) is 11.3 Å². The van der Waals surface area contributed by atoms with Gasteiger partial charge in [0.1, 0.15) is 0 Å². The predicted octanol–water partition coefficient (Wildman–Crippen LogP) is 4.00. The Morgan fingerprint density at radius 1 is 1.39 bits per heavy atom. The van der Waals surface area contributed by atoms with E-state index in [1.807, 2.05) is 31.9 Å². The van der Waals surface area contributed by atoms with Gasteiger partial charge in [-0.3, -0.25) is 9.59 Å². The molecule has 1 fully saturated rings. The van der Waals surface area contributed by atoms with Crippen molar-refractivity contribution in [1.82, 2.24) is 9.88 Å². The molecule has 0 radical (unpaired) electrons. The second-order valence-corrected chi connectivity index (χ2v) is 11.4. The molecule has 1 aromatic rings. The molecule has 1 heterocycles. The van der Waals surface area contributed by atoms with Crippen molar-refractivity contribution in [3.63, 3.8) is 0 Å². The van der Waals surface area contributed by atoms with Crippen LogP contribution in [0.4, 0.5) is 5.13 Å². The number of hydrogen-bond acceptors (Lipinski definition) is 6. The van der Waals surface area contributed by atoms with Crippen LogP contribution in [0, 0.1) is 23.2 Å². The van der Waals surface area contributed by atoms with Crippen molar-refractivity contribution in [3.05, 3.63) is 10.6 Å². The quantitative estimate of drug-likeness (QED) is 0.633. The van der Waals surface area contributed by atoms with Crippen molar-refractivity contribution in [3.8, 4) is 0 Å². The third-order valence-corrected chi connectivity index (χ3v) is 9.09. The van der Waals surface area contributed by atoms with E-state index in [9.17, 15) is 14.7 Å². The van der Waals surface area contributed by atoms with Crippen LogP contribution in [0.5, 0.6) is 0 Å². The molecule has 0 bridgehead atoms. The molecule has 0 aromatic carbocycles. The Morgan fingerprint density at radius 3 is 2.68 bits per heavy atom. The number of anilines is 1. The van der Waals surface area contributed by atoms with Crippen molar-refractivity contribution in [2.45, 2.75) is 65.9 Å². The Morgan fingerprint density at radius 2 is 2.06 bits per heavy atom. The second kappa shape index (κ2) is 9.79. The highest BCUT2D eigenvalue weighted by Crippen LogP contribution is 2.57. The summed E-state index contributed by atoms with van der Waals surface area (Å²) in [5.41, 5.74) is 0.988. The number of nitrogens with zero attached hydrogens (tertiary/aromatic N) is 2. The summed E-state index contributed by atoms with van der Waals surface area (Å²) in [6.07, 6.45) is 4.10. The largest absolute Gasteiger partial charge is 0.392 e. The number of aliphatic hydroxyl groups excluding tert-OH is 1. The first-order valence-electron chi connectivity index (χ1n) is 11.4. The summed E-state index contributed by atoms with van der Waals surface area (Å²) in [5.74, 6) is 0.457. The lowest BCUT2D eigenvalue weighted by Crippen LogP contribution is -2.53. The van der Waals surface area contributed by atoms with Gasteiger partial charge < -0.3 is 15.3 Å². The van der Waals surface area contributed by atoms with Crippen molar-refractivity contribution in [2.75, 3.05) is 30.4 Å². The molecular weight excluding hydrogens is 430 g/mol. The van der Waals surface area contributed by atoms with E-state index in [0.717, 1.165) is 25.0 Å². The molecule has 3 rings (SSSR count). The van der Waals surface area contributed by atoms with E-state index in [1.54, 1.807) is 11.3 Å².